The molecule has 0 saturated heterocycles. The zero-order valence-corrected chi connectivity index (χ0v) is 21.1. The lowest BCUT2D eigenvalue weighted by atomic mass is 10.0. The van der Waals surface area contributed by atoms with Crippen molar-refractivity contribution in [2.75, 3.05) is 0 Å². The minimum Gasteiger partial charge on any atom is -0.481 e. The fraction of sp³-hybridized carbons (Fsp3) is 0.375. The second-order valence-corrected chi connectivity index (χ2v) is 8.89. The van der Waals surface area contributed by atoms with Gasteiger partial charge >= 0.3 is 17.9 Å². The Labute approximate surface area is 226 Å². The predicted octanol–water partition coefficient (Wildman–Crippen LogP) is -2.21. The SMILES string of the molecule is NC(=O)CC(NC(=O)C(CCC(=O)O)NC(=O)C(Cc1c[nH]c2ccccc12)NC(=O)C(N)CC(=O)O)C(=O)O. The molecule has 4 unspecified atom stereocenters. The number of primary amides is 1. The van der Waals surface area contributed by atoms with Crippen LogP contribution in [0.1, 0.15) is 31.2 Å². The van der Waals surface area contributed by atoms with Crippen molar-refractivity contribution in [2.45, 2.75) is 56.3 Å². The summed E-state index contributed by atoms with van der Waals surface area (Å²) in [4.78, 5) is 86.5. The highest BCUT2D eigenvalue weighted by Crippen LogP contribution is 2.19. The van der Waals surface area contributed by atoms with E-state index in [1.165, 1.54) is 0 Å². The van der Waals surface area contributed by atoms with Crippen molar-refractivity contribution in [3.05, 3.63) is 36.0 Å². The summed E-state index contributed by atoms with van der Waals surface area (Å²) in [5.41, 5.74) is 11.9. The number of aliphatic carboxylic acids is 3. The molecule has 0 bridgehead atoms. The first-order valence-electron chi connectivity index (χ1n) is 11.9. The first kappa shape index (κ1) is 31.2. The molecular weight excluding hydrogens is 532 g/mol. The van der Waals surface area contributed by atoms with Crippen molar-refractivity contribution >= 4 is 52.4 Å². The Morgan fingerprint density at radius 3 is 2.00 bits per heavy atom. The number of nitrogens with one attached hydrogen (secondary N) is 4. The number of H-pyrrole nitrogens is 1. The van der Waals surface area contributed by atoms with E-state index in [4.69, 9.17) is 21.7 Å². The van der Waals surface area contributed by atoms with Crippen LogP contribution in [-0.2, 0) is 40.0 Å². The van der Waals surface area contributed by atoms with Gasteiger partial charge in [0.2, 0.25) is 23.6 Å². The van der Waals surface area contributed by atoms with Gasteiger partial charge in [0.25, 0.3) is 0 Å². The van der Waals surface area contributed by atoms with Crippen LogP contribution >= 0.6 is 0 Å². The number of amides is 4. The highest BCUT2D eigenvalue weighted by atomic mass is 16.4. The van der Waals surface area contributed by atoms with Crippen LogP contribution in [0.4, 0.5) is 0 Å². The third-order valence-corrected chi connectivity index (χ3v) is 5.76. The third-order valence-electron chi connectivity index (χ3n) is 5.76. The number of carbonyl (C=O) groups excluding carboxylic acids is 4. The lowest BCUT2D eigenvalue weighted by molar-refractivity contribution is -0.144. The number of hydrogen-bond donors (Lipinski definition) is 9. The third kappa shape index (κ3) is 9.39. The Morgan fingerprint density at radius 2 is 1.40 bits per heavy atom. The number of carbonyl (C=O) groups is 7. The van der Waals surface area contributed by atoms with Gasteiger partial charge in [0.05, 0.1) is 18.9 Å². The number of rotatable bonds is 16. The molecule has 2 rings (SSSR count). The Morgan fingerprint density at radius 1 is 0.800 bits per heavy atom. The average Bonchev–Trinajstić information content (AvgIpc) is 3.27. The second-order valence-electron chi connectivity index (χ2n) is 8.89. The molecule has 1 aromatic carbocycles. The molecule has 0 saturated carbocycles. The van der Waals surface area contributed by atoms with Crippen molar-refractivity contribution in [1.82, 2.24) is 20.9 Å². The lowest BCUT2D eigenvalue weighted by Crippen LogP contribution is -2.58. The number of aromatic nitrogens is 1. The number of para-hydroxylation sites is 1. The van der Waals surface area contributed by atoms with Crippen molar-refractivity contribution in [2.24, 2.45) is 11.5 Å². The zero-order valence-electron chi connectivity index (χ0n) is 21.1. The fourth-order valence-electron chi connectivity index (χ4n) is 3.77. The van der Waals surface area contributed by atoms with E-state index in [2.05, 4.69) is 15.6 Å². The number of hydrogen-bond acceptors (Lipinski definition) is 8. The molecule has 216 valence electrons. The number of nitrogens with two attached hydrogens (primary N) is 2. The van der Waals surface area contributed by atoms with Crippen LogP contribution in [0.5, 0.6) is 0 Å². The molecule has 0 aliphatic carbocycles. The van der Waals surface area contributed by atoms with Gasteiger partial charge in [-0.05, 0) is 18.1 Å². The second kappa shape index (κ2) is 14.2. The molecule has 11 N–H and O–H groups in total. The molecule has 2 aromatic rings. The molecule has 1 heterocycles. The largest absolute Gasteiger partial charge is 0.481 e. The lowest BCUT2D eigenvalue weighted by Gasteiger charge is -2.25. The van der Waals surface area contributed by atoms with Crippen LogP contribution < -0.4 is 27.4 Å². The summed E-state index contributed by atoms with van der Waals surface area (Å²) >= 11 is 0. The molecule has 40 heavy (non-hydrogen) atoms. The van der Waals surface area contributed by atoms with E-state index in [0.717, 1.165) is 5.52 Å². The minimum absolute atomic E-state index is 0.145. The highest BCUT2D eigenvalue weighted by Gasteiger charge is 2.32. The maximum absolute atomic E-state index is 13.3. The van der Waals surface area contributed by atoms with E-state index >= 15 is 0 Å². The molecular formula is C24H30N6O10. The normalized spacial score (nSPS) is 13.8. The van der Waals surface area contributed by atoms with Gasteiger partial charge in [0.1, 0.15) is 18.1 Å². The summed E-state index contributed by atoms with van der Waals surface area (Å²) < 4.78 is 0. The quantitative estimate of drug-likeness (QED) is 0.106. The van der Waals surface area contributed by atoms with E-state index in [1.807, 2.05) is 5.32 Å². The molecule has 0 aliphatic rings. The predicted molar refractivity (Wildman–Crippen MR) is 136 cm³/mol. The number of aromatic amines is 1. The zero-order chi connectivity index (χ0) is 30.0. The van der Waals surface area contributed by atoms with E-state index in [9.17, 15) is 38.7 Å². The Bertz CT molecular complexity index is 1290. The summed E-state index contributed by atoms with van der Waals surface area (Å²) in [5.74, 6) is -8.33. The maximum atomic E-state index is 13.3. The Balaban J connectivity index is 2.33. The van der Waals surface area contributed by atoms with E-state index < -0.39 is 91.4 Å². The summed E-state index contributed by atoms with van der Waals surface area (Å²) in [7, 11) is 0. The summed E-state index contributed by atoms with van der Waals surface area (Å²) in [5, 5.41) is 34.7. The van der Waals surface area contributed by atoms with Gasteiger partial charge in [0, 0.05) is 29.9 Å². The number of carboxylic acids is 3. The van der Waals surface area contributed by atoms with Crippen molar-refractivity contribution in [3.63, 3.8) is 0 Å². The first-order chi connectivity index (χ1) is 18.8. The van der Waals surface area contributed by atoms with Crippen LogP contribution in [0.25, 0.3) is 10.9 Å². The molecule has 0 spiro atoms. The van der Waals surface area contributed by atoms with Crippen LogP contribution in [0.15, 0.2) is 30.5 Å². The standard InChI is InChI=1S/C24H30N6O10/c25-13(8-20(34)35)21(36)29-16(7-11-10-27-14-4-2-1-3-12(11)14)23(38)28-15(5-6-19(32)33)22(37)30-17(24(39)40)9-18(26)31/h1-4,10,13,15-17,27H,5-9,25H2,(H2,26,31)(H,28,38)(H,29,36)(H,30,37)(H,32,33)(H,34,35)(H,39,40). The summed E-state index contributed by atoms with van der Waals surface area (Å²) in [6.07, 6.45) is -1.12. The van der Waals surface area contributed by atoms with Crippen LogP contribution in [-0.4, -0.2) is 86.0 Å². The van der Waals surface area contributed by atoms with Crippen LogP contribution in [0.3, 0.4) is 0 Å². The molecule has 16 heteroatoms. The molecule has 0 aliphatic heterocycles. The van der Waals surface area contributed by atoms with E-state index in [0.29, 0.717) is 10.9 Å². The van der Waals surface area contributed by atoms with Gasteiger partial charge in [-0.15, -0.1) is 0 Å². The minimum atomic E-state index is -1.75. The summed E-state index contributed by atoms with van der Waals surface area (Å²) in [6.45, 7) is 0. The monoisotopic (exact) mass is 562 g/mol. The molecule has 4 atom stereocenters. The summed E-state index contributed by atoms with van der Waals surface area (Å²) in [6, 6.07) is 0.785. The number of benzene rings is 1. The van der Waals surface area contributed by atoms with Crippen molar-refractivity contribution in [3.8, 4) is 0 Å². The van der Waals surface area contributed by atoms with Gasteiger partial charge in [-0.1, -0.05) is 18.2 Å². The Kier molecular flexibility index (Phi) is 11.1. The molecule has 0 radical (unpaired) electrons. The number of fused-ring (bicyclic) bond motifs is 1. The highest BCUT2D eigenvalue weighted by molar-refractivity contribution is 5.96. The Hall–Kier alpha value is -4.99. The molecule has 4 amide bonds. The van der Waals surface area contributed by atoms with E-state index in [-0.39, 0.29) is 6.42 Å². The maximum Gasteiger partial charge on any atom is 0.326 e. The van der Waals surface area contributed by atoms with Gasteiger partial charge < -0.3 is 47.7 Å². The number of carboxylic acid groups (broad SMARTS) is 3. The smallest absolute Gasteiger partial charge is 0.326 e. The van der Waals surface area contributed by atoms with Gasteiger partial charge in [-0.25, -0.2) is 4.79 Å². The first-order valence-corrected chi connectivity index (χ1v) is 11.9. The average molecular weight is 563 g/mol. The van der Waals surface area contributed by atoms with Gasteiger partial charge in [-0.2, -0.15) is 0 Å². The molecule has 0 fully saturated rings. The van der Waals surface area contributed by atoms with Crippen LogP contribution in [0.2, 0.25) is 0 Å². The topological polar surface area (TPSA) is 284 Å². The van der Waals surface area contributed by atoms with E-state index in [1.54, 1.807) is 30.5 Å². The van der Waals surface area contributed by atoms with Gasteiger partial charge in [-0.3, -0.25) is 28.8 Å². The molecule has 16 nitrogen and oxygen atoms in total. The van der Waals surface area contributed by atoms with Gasteiger partial charge in [0.15, 0.2) is 0 Å². The fourth-order valence-corrected chi connectivity index (χ4v) is 3.77. The van der Waals surface area contributed by atoms with Crippen molar-refractivity contribution < 1.29 is 48.9 Å². The molecule has 1 aromatic heterocycles. The van der Waals surface area contributed by atoms with Crippen molar-refractivity contribution in [1.29, 1.82) is 0 Å². The van der Waals surface area contributed by atoms with Crippen LogP contribution in [0, 0.1) is 0 Å².